The number of carbonyl (C=O) groups is 1. The van der Waals surface area contributed by atoms with Crippen LogP contribution in [0.15, 0.2) is 10.7 Å². The van der Waals surface area contributed by atoms with E-state index in [0.717, 1.165) is 18.5 Å². The molecule has 3 N–H and O–H groups in total. The average Bonchev–Trinajstić information content (AvgIpc) is 3.10. The molecular formula is C11H16N4O2S. The lowest BCUT2D eigenvalue weighted by atomic mass is 10.3. The Morgan fingerprint density at radius 3 is 2.94 bits per heavy atom. The molecule has 0 aliphatic heterocycles. The molecule has 1 aromatic heterocycles. The second-order valence-corrected chi connectivity index (χ2v) is 5.19. The van der Waals surface area contributed by atoms with Crippen molar-refractivity contribution in [1.29, 1.82) is 0 Å². The number of hydrogen-bond acceptors (Lipinski definition) is 5. The SMILES string of the molecule is Cc1ncsc1C(=O)N(CC/C(N)=N/O)C1CC1. The maximum absolute atomic E-state index is 12.4. The van der Waals surface area contributed by atoms with E-state index in [0.29, 0.717) is 23.9 Å². The van der Waals surface area contributed by atoms with Gasteiger partial charge in [0.05, 0.1) is 11.2 Å². The minimum Gasteiger partial charge on any atom is -0.409 e. The summed E-state index contributed by atoms with van der Waals surface area (Å²) in [7, 11) is 0. The Balaban J connectivity index is 2.06. The maximum atomic E-state index is 12.4. The molecule has 0 bridgehead atoms. The molecule has 7 heteroatoms. The predicted molar refractivity (Wildman–Crippen MR) is 68.9 cm³/mol. The summed E-state index contributed by atoms with van der Waals surface area (Å²) in [5.41, 5.74) is 7.88. The summed E-state index contributed by atoms with van der Waals surface area (Å²) < 4.78 is 0. The Morgan fingerprint density at radius 2 is 2.44 bits per heavy atom. The van der Waals surface area contributed by atoms with Gasteiger partial charge in [0.2, 0.25) is 0 Å². The number of aryl methyl sites for hydroxylation is 1. The maximum Gasteiger partial charge on any atom is 0.266 e. The molecule has 6 nitrogen and oxygen atoms in total. The lowest BCUT2D eigenvalue weighted by molar-refractivity contribution is 0.0751. The molecule has 1 heterocycles. The third-order valence-corrected chi connectivity index (χ3v) is 3.84. The molecule has 0 unspecified atom stereocenters. The largest absolute Gasteiger partial charge is 0.409 e. The van der Waals surface area contributed by atoms with E-state index in [9.17, 15) is 4.79 Å². The van der Waals surface area contributed by atoms with Gasteiger partial charge in [-0.05, 0) is 19.8 Å². The van der Waals surface area contributed by atoms with Crippen LogP contribution in [0.5, 0.6) is 0 Å². The van der Waals surface area contributed by atoms with Gasteiger partial charge in [0.1, 0.15) is 10.7 Å². The minimum absolute atomic E-state index is 0.00300. The number of carbonyl (C=O) groups excluding carboxylic acids is 1. The Kier molecular flexibility index (Phi) is 3.81. The van der Waals surface area contributed by atoms with Gasteiger partial charge in [-0.3, -0.25) is 4.79 Å². The normalized spacial score (nSPS) is 15.7. The molecule has 0 spiro atoms. The fourth-order valence-electron chi connectivity index (χ4n) is 1.76. The molecule has 1 aliphatic carbocycles. The van der Waals surface area contributed by atoms with E-state index in [1.165, 1.54) is 11.3 Å². The first-order valence-corrected chi connectivity index (χ1v) is 6.69. The van der Waals surface area contributed by atoms with Gasteiger partial charge in [0, 0.05) is 19.0 Å². The highest BCUT2D eigenvalue weighted by atomic mass is 32.1. The van der Waals surface area contributed by atoms with Gasteiger partial charge in [-0.15, -0.1) is 11.3 Å². The van der Waals surface area contributed by atoms with E-state index < -0.39 is 0 Å². The van der Waals surface area contributed by atoms with Crippen LogP contribution in [-0.4, -0.2) is 39.4 Å². The van der Waals surface area contributed by atoms with E-state index >= 15 is 0 Å². The van der Waals surface area contributed by atoms with E-state index in [1.807, 2.05) is 6.92 Å². The number of amidine groups is 1. The van der Waals surface area contributed by atoms with Gasteiger partial charge in [0.25, 0.3) is 5.91 Å². The summed E-state index contributed by atoms with van der Waals surface area (Å²) in [4.78, 5) is 18.9. The molecule has 0 saturated heterocycles. The monoisotopic (exact) mass is 268 g/mol. The van der Waals surface area contributed by atoms with Crippen LogP contribution in [0.25, 0.3) is 0 Å². The highest BCUT2D eigenvalue weighted by Gasteiger charge is 2.34. The summed E-state index contributed by atoms with van der Waals surface area (Å²) in [5, 5.41) is 11.4. The number of nitrogens with two attached hydrogens (primary N) is 1. The molecule has 2 rings (SSSR count). The number of rotatable bonds is 5. The van der Waals surface area contributed by atoms with Crippen LogP contribution in [0.4, 0.5) is 0 Å². The molecular weight excluding hydrogens is 252 g/mol. The van der Waals surface area contributed by atoms with E-state index in [1.54, 1.807) is 10.4 Å². The first-order chi connectivity index (χ1) is 8.63. The molecule has 1 saturated carbocycles. The Hall–Kier alpha value is -1.63. The number of amides is 1. The number of nitrogens with zero attached hydrogens (tertiary/aromatic N) is 3. The molecule has 18 heavy (non-hydrogen) atoms. The van der Waals surface area contributed by atoms with Crippen molar-refractivity contribution in [2.75, 3.05) is 6.54 Å². The summed E-state index contributed by atoms with van der Waals surface area (Å²) in [6, 6.07) is 0.297. The van der Waals surface area contributed by atoms with Gasteiger partial charge in [-0.25, -0.2) is 4.98 Å². The molecule has 0 radical (unpaired) electrons. The Bertz CT molecular complexity index is 467. The summed E-state index contributed by atoms with van der Waals surface area (Å²) in [6.45, 7) is 2.31. The van der Waals surface area contributed by atoms with Crippen LogP contribution in [0.2, 0.25) is 0 Å². The first kappa shape index (κ1) is 12.8. The molecule has 1 fully saturated rings. The molecule has 0 aromatic carbocycles. The average molecular weight is 268 g/mol. The van der Waals surface area contributed by atoms with E-state index in [4.69, 9.17) is 10.9 Å². The van der Waals surface area contributed by atoms with Crippen molar-refractivity contribution in [2.24, 2.45) is 10.9 Å². The van der Waals surface area contributed by atoms with Crippen molar-refractivity contribution in [3.05, 3.63) is 16.1 Å². The van der Waals surface area contributed by atoms with E-state index in [-0.39, 0.29) is 11.7 Å². The first-order valence-electron chi connectivity index (χ1n) is 5.81. The van der Waals surface area contributed by atoms with Gasteiger partial charge in [0.15, 0.2) is 0 Å². The van der Waals surface area contributed by atoms with Crippen molar-refractivity contribution < 1.29 is 10.0 Å². The molecule has 98 valence electrons. The standard InChI is InChI=1S/C11H16N4O2S/c1-7-10(18-6-13-7)11(16)15(8-2-3-8)5-4-9(12)14-17/h6,8,17H,2-5H2,1H3,(H2,12,14). The lowest BCUT2D eigenvalue weighted by Gasteiger charge is -2.21. The second-order valence-electron chi connectivity index (χ2n) is 4.34. The second kappa shape index (κ2) is 5.34. The van der Waals surface area contributed by atoms with Crippen LogP contribution in [0, 0.1) is 6.92 Å². The highest BCUT2D eigenvalue weighted by molar-refractivity contribution is 7.11. The zero-order chi connectivity index (χ0) is 13.1. The summed E-state index contributed by atoms with van der Waals surface area (Å²) >= 11 is 1.36. The van der Waals surface area contributed by atoms with Crippen molar-refractivity contribution in [3.63, 3.8) is 0 Å². The van der Waals surface area contributed by atoms with Crippen LogP contribution in [0.3, 0.4) is 0 Å². The van der Waals surface area contributed by atoms with Crippen LogP contribution < -0.4 is 5.73 Å². The van der Waals surface area contributed by atoms with Gasteiger partial charge in [-0.2, -0.15) is 0 Å². The quantitative estimate of drug-likeness (QED) is 0.363. The van der Waals surface area contributed by atoms with E-state index in [2.05, 4.69) is 10.1 Å². The van der Waals surface area contributed by atoms with Gasteiger partial charge in [-0.1, -0.05) is 5.16 Å². The molecule has 1 amide bonds. The smallest absolute Gasteiger partial charge is 0.266 e. The van der Waals surface area contributed by atoms with Crippen molar-refractivity contribution in [2.45, 2.75) is 32.2 Å². The van der Waals surface area contributed by atoms with Gasteiger partial charge < -0.3 is 15.8 Å². The predicted octanol–water partition coefficient (Wildman–Crippen LogP) is 1.19. The third kappa shape index (κ3) is 2.79. The Labute approximate surface area is 109 Å². The van der Waals surface area contributed by atoms with Crippen molar-refractivity contribution in [3.8, 4) is 0 Å². The number of aromatic nitrogens is 1. The topological polar surface area (TPSA) is 91.8 Å². The van der Waals surface area contributed by atoms with Crippen LogP contribution in [0.1, 0.15) is 34.6 Å². The lowest BCUT2D eigenvalue weighted by Crippen LogP contribution is -2.35. The van der Waals surface area contributed by atoms with Crippen molar-refractivity contribution in [1.82, 2.24) is 9.88 Å². The minimum atomic E-state index is 0.00300. The van der Waals surface area contributed by atoms with Crippen molar-refractivity contribution >= 4 is 23.1 Å². The number of hydrogen-bond donors (Lipinski definition) is 2. The zero-order valence-corrected chi connectivity index (χ0v) is 11.0. The number of oxime groups is 1. The van der Waals surface area contributed by atoms with Crippen LogP contribution in [-0.2, 0) is 0 Å². The van der Waals surface area contributed by atoms with Gasteiger partial charge >= 0.3 is 0 Å². The third-order valence-electron chi connectivity index (χ3n) is 2.93. The van der Waals surface area contributed by atoms with Crippen LogP contribution >= 0.6 is 11.3 Å². The highest BCUT2D eigenvalue weighted by Crippen LogP contribution is 2.29. The summed E-state index contributed by atoms with van der Waals surface area (Å²) in [5.74, 6) is 0.151. The summed E-state index contributed by atoms with van der Waals surface area (Å²) in [6.07, 6.45) is 2.44. The molecule has 0 atom stereocenters. The molecule has 1 aliphatic rings. The molecule has 1 aromatic rings. The number of thiazole rings is 1. The Morgan fingerprint density at radius 1 is 1.72 bits per heavy atom. The fraction of sp³-hybridized carbons (Fsp3) is 0.545. The fourth-order valence-corrected chi connectivity index (χ4v) is 2.52. The zero-order valence-electron chi connectivity index (χ0n) is 10.2.